The average molecular weight is 447 g/mol. The number of alkyl halides is 6. The molecule has 0 saturated heterocycles. The van der Waals surface area contributed by atoms with Crippen molar-refractivity contribution in [3.8, 4) is 11.1 Å². The molecule has 1 heterocycles. The predicted octanol–water partition coefficient (Wildman–Crippen LogP) is 7.96. The monoisotopic (exact) mass is 447 g/mol. The van der Waals surface area contributed by atoms with Crippen molar-refractivity contribution in [2.75, 3.05) is 0 Å². The summed E-state index contributed by atoms with van der Waals surface area (Å²) >= 11 is 0. The third-order valence-electron chi connectivity index (χ3n) is 5.45. The van der Waals surface area contributed by atoms with Gasteiger partial charge in [0.05, 0.1) is 11.1 Å². The second-order valence-corrected chi connectivity index (χ2v) is 7.63. The highest BCUT2D eigenvalue weighted by Gasteiger charge is 2.37. The molecule has 0 aliphatic heterocycles. The van der Waals surface area contributed by atoms with Gasteiger partial charge >= 0.3 is 12.4 Å². The number of hydrogen-bond acceptors (Lipinski definition) is 0. The van der Waals surface area contributed by atoms with Crippen molar-refractivity contribution >= 4 is 10.9 Å². The topological polar surface area (TPSA) is 4.93 Å². The average Bonchev–Trinajstić information content (AvgIpc) is 3.09. The summed E-state index contributed by atoms with van der Waals surface area (Å²) in [5.74, 6) is 0. The fourth-order valence-electron chi connectivity index (χ4n) is 3.87. The summed E-state index contributed by atoms with van der Waals surface area (Å²) < 4.78 is 81.6. The molecular formula is C25H19F6N. The van der Waals surface area contributed by atoms with Gasteiger partial charge in [0.2, 0.25) is 0 Å². The maximum Gasteiger partial charge on any atom is 0.416 e. The van der Waals surface area contributed by atoms with E-state index in [9.17, 15) is 26.3 Å². The second kappa shape index (κ2) is 8.04. The first kappa shape index (κ1) is 22.0. The Morgan fingerprint density at radius 2 is 1.31 bits per heavy atom. The van der Waals surface area contributed by atoms with Crippen molar-refractivity contribution in [2.24, 2.45) is 0 Å². The van der Waals surface area contributed by atoms with Gasteiger partial charge < -0.3 is 4.57 Å². The molecule has 0 aliphatic rings. The molecule has 1 aromatic heterocycles. The Morgan fingerprint density at radius 1 is 0.688 bits per heavy atom. The second-order valence-electron chi connectivity index (χ2n) is 7.63. The summed E-state index contributed by atoms with van der Waals surface area (Å²) in [7, 11) is 0. The lowest BCUT2D eigenvalue weighted by atomic mass is 9.98. The SMILES string of the molecule is CCc1cc2cc(-c3cc(C(F)(F)F)cc(C(F)(F)F)c3)ccc2n1Cc1ccccc1. The predicted molar refractivity (Wildman–Crippen MR) is 112 cm³/mol. The van der Waals surface area contributed by atoms with Crippen LogP contribution in [-0.2, 0) is 25.3 Å². The third kappa shape index (κ3) is 4.38. The molecule has 0 amide bonds. The number of aromatic nitrogens is 1. The first-order valence-electron chi connectivity index (χ1n) is 10.0. The standard InChI is InChI=1S/C25H19F6N/c1-2-22-13-19-10-17(8-9-23(19)32(22)15-16-6-4-3-5-7-16)18-11-20(24(26,27)28)14-21(12-18)25(29,30)31/h3-14H,2,15H2,1H3. The molecular weight excluding hydrogens is 428 g/mol. The lowest BCUT2D eigenvalue weighted by molar-refractivity contribution is -0.143. The quantitative estimate of drug-likeness (QED) is 0.280. The van der Waals surface area contributed by atoms with Crippen molar-refractivity contribution < 1.29 is 26.3 Å². The Labute approximate surface area is 180 Å². The van der Waals surface area contributed by atoms with Crippen LogP contribution in [0.2, 0.25) is 0 Å². The van der Waals surface area contributed by atoms with Gasteiger partial charge in [0.25, 0.3) is 0 Å². The van der Waals surface area contributed by atoms with Crippen LogP contribution in [0.4, 0.5) is 26.3 Å². The number of halogens is 6. The zero-order chi connectivity index (χ0) is 23.1. The Kier molecular flexibility index (Phi) is 5.53. The molecule has 0 saturated carbocycles. The Morgan fingerprint density at radius 3 is 1.88 bits per heavy atom. The van der Waals surface area contributed by atoms with Gasteiger partial charge in [-0.05, 0) is 59.5 Å². The van der Waals surface area contributed by atoms with E-state index in [-0.39, 0.29) is 11.6 Å². The van der Waals surface area contributed by atoms with Crippen LogP contribution in [0.5, 0.6) is 0 Å². The zero-order valence-corrected chi connectivity index (χ0v) is 17.1. The minimum Gasteiger partial charge on any atom is -0.340 e. The molecule has 0 N–H and O–H groups in total. The van der Waals surface area contributed by atoms with Crippen LogP contribution < -0.4 is 0 Å². The van der Waals surface area contributed by atoms with Gasteiger partial charge in [-0.15, -0.1) is 0 Å². The minimum absolute atomic E-state index is 0.122. The van der Waals surface area contributed by atoms with Crippen LogP contribution in [0.25, 0.3) is 22.0 Å². The number of nitrogens with zero attached hydrogens (tertiary/aromatic N) is 1. The summed E-state index contributed by atoms with van der Waals surface area (Å²) in [6, 6.07) is 18.4. The maximum atomic E-state index is 13.2. The smallest absolute Gasteiger partial charge is 0.340 e. The van der Waals surface area contributed by atoms with E-state index in [0.717, 1.165) is 40.7 Å². The van der Waals surface area contributed by atoms with Gasteiger partial charge in [-0.2, -0.15) is 26.3 Å². The number of fused-ring (bicyclic) bond motifs is 1. The molecule has 1 nitrogen and oxygen atoms in total. The molecule has 0 atom stereocenters. The van der Waals surface area contributed by atoms with Crippen molar-refractivity contribution in [3.63, 3.8) is 0 Å². The van der Waals surface area contributed by atoms with Crippen molar-refractivity contribution in [3.05, 3.63) is 95.2 Å². The molecule has 4 rings (SSSR count). The highest BCUT2D eigenvalue weighted by molar-refractivity contribution is 5.87. The fourth-order valence-corrected chi connectivity index (χ4v) is 3.87. The highest BCUT2D eigenvalue weighted by atomic mass is 19.4. The van der Waals surface area contributed by atoms with E-state index < -0.39 is 23.5 Å². The number of benzene rings is 3. The zero-order valence-electron chi connectivity index (χ0n) is 17.1. The highest BCUT2D eigenvalue weighted by Crippen LogP contribution is 2.39. The fraction of sp³-hybridized carbons (Fsp3) is 0.200. The van der Waals surface area contributed by atoms with Gasteiger partial charge in [-0.1, -0.05) is 43.3 Å². The van der Waals surface area contributed by atoms with Crippen LogP contribution in [0.15, 0.2) is 72.8 Å². The van der Waals surface area contributed by atoms with Gasteiger partial charge in [-0.25, -0.2) is 0 Å². The maximum absolute atomic E-state index is 13.2. The summed E-state index contributed by atoms with van der Waals surface area (Å²) in [4.78, 5) is 0. The van der Waals surface area contributed by atoms with Crippen molar-refractivity contribution in [1.29, 1.82) is 0 Å². The first-order chi connectivity index (χ1) is 15.1. The normalized spacial score (nSPS) is 12.5. The van der Waals surface area contributed by atoms with E-state index in [1.165, 1.54) is 0 Å². The molecule has 0 spiro atoms. The number of aryl methyl sites for hydroxylation is 1. The lowest BCUT2D eigenvalue weighted by Gasteiger charge is -2.15. The minimum atomic E-state index is -4.88. The van der Waals surface area contributed by atoms with E-state index in [0.29, 0.717) is 12.1 Å². The molecule has 0 bridgehead atoms. The van der Waals surface area contributed by atoms with Crippen LogP contribution >= 0.6 is 0 Å². The third-order valence-corrected chi connectivity index (χ3v) is 5.45. The first-order valence-corrected chi connectivity index (χ1v) is 10.0. The summed E-state index contributed by atoms with van der Waals surface area (Å²) in [6.07, 6.45) is -9.03. The van der Waals surface area contributed by atoms with Crippen molar-refractivity contribution in [1.82, 2.24) is 4.57 Å². The van der Waals surface area contributed by atoms with Gasteiger partial charge in [0.15, 0.2) is 0 Å². The lowest BCUT2D eigenvalue weighted by Crippen LogP contribution is -2.11. The van der Waals surface area contributed by atoms with Crippen LogP contribution in [0.1, 0.15) is 29.3 Å². The molecule has 166 valence electrons. The molecule has 32 heavy (non-hydrogen) atoms. The molecule has 7 heteroatoms. The van der Waals surface area contributed by atoms with Gasteiger partial charge in [-0.3, -0.25) is 0 Å². The molecule has 0 unspecified atom stereocenters. The Balaban J connectivity index is 1.83. The van der Waals surface area contributed by atoms with Gasteiger partial charge in [0.1, 0.15) is 0 Å². The molecule has 3 aromatic carbocycles. The van der Waals surface area contributed by atoms with Crippen LogP contribution in [-0.4, -0.2) is 4.57 Å². The Bertz CT molecular complexity index is 1220. The van der Waals surface area contributed by atoms with Gasteiger partial charge in [0, 0.05) is 23.1 Å². The van der Waals surface area contributed by atoms with Crippen molar-refractivity contribution in [2.45, 2.75) is 32.2 Å². The van der Waals surface area contributed by atoms with E-state index >= 15 is 0 Å². The Hall–Kier alpha value is -3.22. The van der Waals surface area contributed by atoms with E-state index in [1.807, 2.05) is 43.3 Å². The summed E-state index contributed by atoms with van der Waals surface area (Å²) in [5, 5.41) is 0.765. The molecule has 4 aromatic rings. The summed E-state index contributed by atoms with van der Waals surface area (Å²) in [5.41, 5.74) is 0.531. The largest absolute Gasteiger partial charge is 0.416 e. The van der Waals surface area contributed by atoms with E-state index in [1.54, 1.807) is 18.2 Å². The van der Waals surface area contributed by atoms with E-state index in [4.69, 9.17) is 0 Å². The molecule has 0 radical (unpaired) electrons. The molecule has 0 fully saturated rings. The number of rotatable bonds is 4. The number of hydrogen-bond donors (Lipinski definition) is 0. The van der Waals surface area contributed by atoms with E-state index in [2.05, 4.69) is 4.57 Å². The van der Waals surface area contributed by atoms with Crippen LogP contribution in [0, 0.1) is 0 Å². The van der Waals surface area contributed by atoms with Crippen LogP contribution in [0.3, 0.4) is 0 Å². The summed E-state index contributed by atoms with van der Waals surface area (Å²) in [6.45, 7) is 2.62. The molecule has 0 aliphatic carbocycles.